The van der Waals surface area contributed by atoms with Crippen molar-refractivity contribution in [1.82, 2.24) is 19.8 Å². The van der Waals surface area contributed by atoms with E-state index in [0.717, 1.165) is 5.82 Å². The van der Waals surface area contributed by atoms with Gasteiger partial charge in [-0.05, 0) is 24.1 Å². The number of hydrogen-bond acceptors (Lipinski definition) is 3. The van der Waals surface area contributed by atoms with Gasteiger partial charge in [0.2, 0.25) is 11.8 Å². The summed E-state index contributed by atoms with van der Waals surface area (Å²) in [6.07, 6.45) is 4.85. The van der Waals surface area contributed by atoms with Gasteiger partial charge in [0, 0.05) is 45.4 Å². The summed E-state index contributed by atoms with van der Waals surface area (Å²) in [4.78, 5) is 30.5. The number of benzene rings is 1. The molecule has 2 amide bonds. The lowest BCUT2D eigenvalue weighted by atomic mass is 9.88. The summed E-state index contributed by atoms with van der Waals surface area (Å²) in [5.41, 5.74) is 0.638. The molecule has 0 spiro atoms. The van der Waals surface area contributed by atoms with Gasteiger partial charge in [0.25, 0.3) is 0 Å². The Morgan fingerprint density at radius 2 is 2.19 bits per heavy atom. The molecule has 2 heterocycles. The number of imidazole rings is 1. The van der Waals surface area contributed by atoms with Gasteiger partial charge in [0.1, 0.15) is 11.6 Å². The lowest BCUT2D eigenvalue weighted by Gasteiger charge is -2.38. The van der Waals surface area contributed by atoms with Gasteiger partial charge in [-0.2, -0.15) is 0 Å². The number of aryl methyl sites for hydroxylation is 1. The van der Waals surface area contributed by atoms with Crippen LogP contribution in [0.15, 0.2) is 36.7 Å². The van der Waals surface area contributed by atoms with Crippen LogP contribution in [-0.2, 0) is 23.1 Å². The predicted octanol–water partition coefficient (Wildman–Crippen LogP) is 1.83. The highest BCUT2D eigenvalue weighted by Crippen LogP contribution is 2.34. The van der Waals surface area contributed by atoms with Gasteiger partial charge in [-0.1, -0.05) is 12.1 Å². The Kier molecular flexibility index (Phi) is 5.35. The van der Waals surface area contributed by atoms with Crippen LogP contribution in [0.3, 0.4) is 0 Å². The molecule has 3 rings (SSSR count). The number of carbonyl (C=O) groups excluding carboxylic acids is 2. The number of likely N-dealkylation sites (tertiary alicyclic amines) is 1. The van der Waals surface area contributed by atoms with E-state index in [0.29, 0.717) is 24.9 Å². The molecule has 2 atom stereocenters. The number of nitrogens with one attached hydrogen (secondary N) is 1. The smallest absolute Gasteiger partial charge is 0.224 e. The summed E-state index contributed by atoms with van der Waals surface area (Å²) >= 11 is 0. The van der Waals surface area contributed by atoms with Crippen LogP contribution in [0, 0.1) is 11.7 Å². The van der Waals surface area contributed by atoms with Crippen LogP contribution in [0.1, 0.15) is 30.3 Å². The molecule has 0 saturated carbocycles. The van der Waals surface area contributed by atoms with Gasteiger partial charge in [0.05, 0.1) is 12.5 Å². The predicted molar refractivity (Wildman–Crippen MR) is 94.6 cm³/mol. The summed E-state index contributed by atoms with van der Waals surface area (Å²) in [6, 6.07) is 5.87. The summed E-state index contributed by atoms with van der Waals surface area (Å²) < 4.78 is 15.1. The van der Waals surface area contributed by atoms with Crippen molar-refractivity contribution < 1.29 is 14.0 Å². The lowest BCUT2D eigenvalue weighted by Crippen LogP contribution is -2.45. The summed E-state index contributed by atoms with van der Waals surface area (Å²) in [6.45, 7) is 0.448. The van der Waals surface area contributed by atoms with E-state index in [1.54, 1.807) is 30.3 Å². The van der Waals surface area contributed by atoms with E-state index >= 15 is 0 Å². The van der Waals surface area contributed by atoms with Crippen molar-refractivity contribution in [3.8, 4) is 0 Å². The first-order chi connectivity index (χ1) is 12.5. The maximum atomic E-state index is 13.2. The molecule has 138 valence electrons. The van der Waals surface area contributed by atoms with Crippen molar-refractivity contribution in [2.45, 2.75) is 25.3 Å². The minimum Gasteiger partial charge on any atom is -0.355 e. The van der Waals surface area contributed by atoms with Gasteiger partial charge in [0.15, 0.2) is 0 Å². The van der Waals surface area contributed by atoms with E-state index in [9.17, 15) is 14.0 Å². The zero-order chi connectivity index (χ0) is 18.7. The quantitative estimate of drug-likeness (QED) is 0.887. The molecule has 1 fully saturated rings. The largest absolute Gasteiger partial charge is 0.355 e. The van der Waals surface area contributed by atoms with Crippen LogP contribution in [0.4, 0.5) is 4.39 Å². The van der Waals surface area contributed by atoms with Crippen LogP contribution in [0.2, 0.25) is 0 Å². The topological polar surface area (TPSA) is 67.2 Å². The second-order valence-electron chi connectivity index (χ2n) is 6.76. The van der Waals surface area contributed by atoms with Crippen LogP contribution in [0.5, 0.6) is 0 Å². The third-order valence-electron chi connectivity index (χ3n) is 4.92. The molecule has 26 heavy (non-hydrogen) atoms. The molecule has 1 aliphatic heterocycles. The third-order valence-corrected chi connectivity index (χ3v) is 4.92. The molecule has 1 aromatic heterocycles. The van der Waals surface area contributed by atoms with Gasteiger partial charge in [-0.25, -0.2) is 9.37 Å². The van der Waals surface area contributed by atoms with Gasteiger partial charge in [-0.15, -0.1) is 0 Å². The molecular weight excluding hydrogens is 335 g/mol. The number of hydrogen-bond donors (Lipinski definition) is 1. The SMILES string of the molecule is CN1C(=O)CC[C@H](CNC(=O)Cc2cccc(F)c2)[C@H]1c1nccn1C. The standard InChI is InChI=1S/C19H23FN4O2/c1-23-9-8-21-19(23)18-14(6-7-17(26)24(18)2)12-22-16(25)11-13-4-3-5-15(20)10-13/h3-5,8-10,14,18H,6-7,11-12H2,1-2H3,(H,22,25)/t14-,18+/m1/s1. The first kappa shape index (κ1) is 18.1. The van der Waals surface area contributed by atoms with E-state index in [2.05, 4.69) is 10.3 Å². The maximum absolute atomic E-state index is 13.2. The van der Waals surface area contributed by atoms with Crippen molar-refractivity contribution in [2.75, 3.05) is 13.6 Å². The number of halogens is 1. The molecule has 0 unspecified atom stereocenters. The first-order valence-corrected chi connectivity index (χ1v) is 8.69. The van der Waals surface area contributed by atoms with Crippen LogP contribution < -0.4 is 5.32 Å². The molecule has 6 nitrogen and oxygen atoms in total. The average molecular weight is 358 g/mol. The Bertz CT molecular complexity index is 804. The Morgan fingerprint density at radius 3 is 2.88 bits per heavy atom. The minimum atomic E-state index is -0.349. The fraction of sp³-hybridized carbons (Fsp3) is 0.421. The Morgan fingerprint density at radius 1 is 1.38 bits per heavy atom. The normalized spacial score (nSPS) is 20.3. The first-order valence-electron chi connectivity index (χ1n) is 8.69. The van der Waals surface area contributed by atoms with E-state index in [1.807, 2.05) is 17.8 Å². The zero-order valence-electron chi connectivity index (χ0n) is 15.0. The zero-order valence-corrected chi connectivity index (χ0v) is 15.0. The van der Waals surface area contributed by atoms with Crippen LogP contribution in [0.25, 0.3) is 0 Å². The summed E-state index contributed by atoms with van der Waals surface area (Å²) in [5.74, 6) is 0.465. The number of piperidine rings is 1. The maximum Gasteiger partial charge on any atom is 0.224 e. The Balaban J connectivity index is 1.66. The van der Waals surface area contributed by atoms with E-state index < -0.39 is 0 Å². The number of nitrogens with zero attached hydrogens (tertiary/aromatic N) is 3. The fourth-order valence-corrected chi connectivity index (χ4v) is 3.51. The number of carbonyl (C=O) groups is 2. The molecular formula is C19H23FN4O2. The van der Waals surface area contributed by atoms with Crippen molar-refractivity contribution >= 4 is 11.8 Å². The third kappa shape index (κ3) is 3.92. The summed E-state index contributed by atoms with van der Waals surface area (Å²) in [5, 5.41) is 2.93. The second kappa shape index (κ2) is 7.68. The Hall–Kier alpha value is -2.70. The monoisotopic (exact) mass is 358 g/mol. The molecule has 0 radical (unpaired) electrons. The number of rotatable bonds is 5. The molecule has 1 aromatic carbocycles. The minimum absolute atomic E-state index is 0.0789. The highest BCUT2D eigenvalue weighted by Gasteiger charge is 2.36. The van der Waals surface area contributed by atoms with E-state index in [-0.39, 0.29) is 36.0 Å². The van der Waals surface area contributed by atoms with Gasteiger partial charge in [-0.3, -0.25) is 9.59 Å². The molecule has 1 aliphatic rings. The molecule has 0 bridgehead atoms. The van der Waals surface area contributed by atoms with Gasteiger partial charge < -0.3 is 14.8 Å². The molecule has 1 saturated heterocycles. The highest BCUT2D eigenvalue weighted by atomic mass is 19.1. The number of amides is 2. The van der Waals surface area contributed by atoms with Crippen molar-refractivity contribution in [3.05, 3.63) is 53.9 Å². The number of aromatic nitrogens is 2. The van der Waals surface area contributed by atoms with Crippen LogP contribution in [-0.4, -0.2) is 39.9 Å². The van der Waals surface area contributed by atoms with Crippen molar-refractivity contribution in [3.63, 3.8) is 0 Å². The highest BCUT2D eigenvalue weighted by molar-refractivity contribution is 5.79. The fourth-order valence-electron chi connectivity index (χ4n) is 3.51. The van der Waals surface area contributed by atoms with E-state index in [1.165, 1.54) is 12.1 Å². The Labute approximate surface area is 152 Å². The lowest BCUT2D eigenvalue weighted by molar-refractivity contribution is -0.137. The average Bonchev–Trinajstić information content (AvgIpc) is 3.01. The second-order valence-corrected chi connectivity index (χ2v) is 6.76. The molecule has 2 aromatic rings. The van der Waals surface area contributed by atoms with Crippen LogP contribution >= 0.6 is 0 Å². The molecule has 1 N–H and O–H groups in total. The van der Waals surface area contributed by atoms with E-state index in [4.69, 9.17) is 0 Å². The molecule has 7 heteroatoms. The molecule has 0 aliphatic carbocycles. The van der Waals surface area contributed by atoms with Gasteiger partial charge >= 0.3 is 0 Å². The summed E-state index contributed by atoms with van der Waals surface area (Å²) in [7, 11) is 3.68. The van der Waals surface area contributed by atoms with Crippen molar-refractivity contribution in [2.24, 2.45) is 13.0 Å². The van der Waals surface area contributed by atoms with Crippen molar-refractivity contribution in [1.29, 1.82) is 0 Å².